The van der Waals surface area contributed by atoms with Crippen molar-refractivity contribution >= 4 is 12.3 Å². The number of carbonyl (C=O) groups excluding carboxylic acids is 2. The topological polar surface area (TPSA) is 61.2 Å². The Morgan fingerprint density at radius 2 is 2.05 bits per heavy atom. The molecule has 0 saturated heterocycles. The van der Waals surface area contributed by atoms with Crippen LogP contribution in [0.3, 0.4) is 0 Å². The Balaban J connectivity index is 2.56. The van der Waals surface area contributed by atoms with Crippen LogP contribution in [-0.4, -0.2) is 28.6 Å². The van der Waals surface area contributed by atoms with Gasteiger partial charge in [-0.3, -0.25) is 4.79 Å². The van der Waals surface area contributed by atoms with E-state index in [4.69, 9.17) is 4.74 Å². The summed E-state index contributed by atoms with van der Waals surface area (Å²) in [6, 6.07) is 9.17. The molecule has 1 aromatic heterocycles. The number of hydrogen-bond acceptors (Lipinski definition) is 4. The van der Waals surface area contributed by atoms with E-state index in [1.165, 1.54) is 4.68 Å². The van der Waals surface area contributed by atoms with E-state index in [1.54, 1.807) is 13.8 Å². The van der Waals surface area contributed by atoms with Crippen molar-refractivity contribution in [2.45, 2.75) is 13.8 Å². The van der Waals surface area contributed by atoms with E-state index >= 15 is 0 Å². The molecule has 0 radical (unpaired) electrons. The van der Waals surface area contributed by atoms with Crippen LogP contribution in [-0.2, 0) is 4.74 Å². The molecule has 2 rings (SSSR count). The van der Waals surface area contributed by atoms with Crippen molar-refractivity contribution < 1.29 is 14.3 Å². The average molecular weight is 258 g/mol. The van der Waals surface area contributed by atoms with Gasteiger partial charge in [0.15, 0.2) is 6.29 Å². The van der Waals surface area contributed by atoms with Gasteiger partial charge in [0.05, 0.1) is 18.0 Å². The molecule has 0 N–H and O–H groups in total. The summed E-state index contributed by atoms with van der Waals surface area (Å²) in [6.45, 7) is 3.65. The Kier molecular flexibility index (Phi) is 3.75. The molecule has 0 aliphatic carbocycles. The molecule has 0 atom stereocenters. The van der Waals surface area contributed by atoms with Gasteiger partial charge in [-0.25, -0.2) is 9.48 Å². The first-order valence-electron chi connectivity index (χ1n) is 5.96. The highest BCUT2D eigenvalue weighted by atomic mass is 16.5. The molecule has 0 saturated carbocycles. The Bertz CT molecular complexity index is 603. The van der Waals surface area contributed by atoms with Gasteiger partial charge in [0.2, 0.25) is 0 Å². The van der Waals surface area contributed by atoms with Gasteiger partial charge in [0.1, 0.15) is 11.3 Å². The zero-order valence-electron chi connectivity index (χ0n) is 10.8. The number of nitrogens with zero attached hydrogens (tertiary/aromatic N) is 2. The second-order valence-electron chi connectivity index (χ2n) is 3.93. The average Bonchev–Trinajstić information content (AvgIpc) is 2.76. The Labute approximate surface area is 110 Å². The van der Waals surface area contributed by atoms with Crippen LogP contribution in [0.1, 0.15) is 33.5 Å². The molecule has 2 aromatic rings. The van der Waals surface area contributed by atoms with Crippen LogP contribution in [0.4, 0.5) is 0 Å². The molecule has 0 amide bonds. The molecule has 5 heteroatoms. The standard InChI is InChI=1S/C14H14N2O3/c1-3-19-14(18)13-10(2)15-16(12(13)9-17)11-7-5-4-6-8-11/h4-9H,3H2,1-2H3. The third kappa shape index (κ3) is 2.40. The summed E-state index contributed by atoms with van der Waals surface area (Å²) in [5.74, 6) is -0.524. The number of carbonyl (C=O) groups is 2. The lowest BCUT2D eigenvalue weighted by atomic mass is 10.2. The third-order valence-corrected chi connectivity index (χ3v) is 2.69. The largest absolute Gasteiger partial charge is 0.462 e. The maximum atomic E-state index is 11.9. The van der Waals surface area contributed by atoms with E-state index in [0.717, 1.165) is 5.69 Å². The van der Waals surface area contributed by atoms with E-state index in [9.17, 15) is 9.59 Å². The van der Waals surface area contributed by atoms with E-state index in [-0.39, 0.29) is 17.9 Å². The van der Waals surface area contributed by atoms with E-state index in [2.05, 4.69) is 5.10 Å². The summed E-state index contributed by atoms with van der Waals surface area (Å²) >= 11 is 0. The lowest BCUT2D eigenvalue weighted by Gasteiger charge is -2.04. The summed E-state index contributed by atoms with van der Waals surface area (Å²) in [4.78, 5) is 23.1. The first-order valence-corrected chi connectivity index (χ1v) is 5.96. The van der Waals surface area contributed by atoms with Crippen molar-refractivity contribution in [3.8, 4) is 5.69 Å². The van der Waals surface area contributed by atoms with Gasteiger partial charge in [0, 0.05) is 0 Å². The summed E-state index contributed by atoms with van der Waals surface area (Å²) in [5, 5.41) is 4.24. The number of hydrogen-bond donors (Lipinski definition) is 0. The molecular formula is C14H14N2O3. The SMILES string of the molecule is CCOC(=O)c1c(C)nn(-c2ccccc2)c1C=O. The maximum absolute atomic E-state index is 11.9. The number of benzene rings is 1. The Morgan fingerprint density at radius 1 is 1.37 bits per heavy atom. The minimum atomic E-state index is -0.524. The summed E-state index contributed by atoms with van der Waals surface area (Å²) < 4.78 is 6.40. The molecule has 0 fully saturated rings. The zero-order chi connectivity index (χ0) is 13.8. The lowest BCUT2D eigenvalue weighted by molar-refractivity contribution is 0.0523. The second-order valence-corrected chi connectivity index (χ2v) is 3.93. The first kappa shape index (κ1) is 13.0. The number of para-hydroxylation sites is 1. The van der Waals surface area contributed by atoms with Crippen LogP contribution in [0.5, 0.6) is 0 Å². The number of aldehydes is 1. The normalized spacial score (nSPS) is 10.2. The van der Waals surface area contributed by atoms with Crippen LogP contribution in [0.15, 0.2) is 30.3 Å². The van der Waals surface area contributed by atoms with Crippen LogP contribution in [0.25, 0.3) is 5.69 Å². The molecule has 98 valence electrons. The van der Waals surface area contributed by atoms with Gasteiger partial charge in [-0.2, -0.15) is 5.10 Å². The minimum absolute atomic E-state index is 0.210. The van der Waals surface area contributed by atoms with Crippen LogP contribution in [0, 0.1) is 6.92 Å². The van der Waals surface area contributed by atoms with E-state index in [1.807, 2.05) is 30.3 Å². The number of esters is 1. The van der Waals surface area contributed by atoms with Crippen molar-refractivity contribution in [2.24, 2.45) is 0 Å². The number of aryl methyl sites for hydroxylation is 1. The molecule has 0 bridgehead atoms. The van der Waals surface area contributed by atoms with Crippen molar-refractivity contribution in [3.63, 3.8) is 0 Å². The van der Waals surface area contributed by atoms with Gasteiger partial charge in [0.25, 0.3) is 0 Å². The van der Waals surface area contributed by atoms with E-state index < -0.39 is 5.97 Å². The van der Waals surface area contributed by atoms with Gasteiger partial charge in [-0.15, -0.1) is 0 Å². The Morgan fingerprint density at radius 3 is 2.63 bits per heavy atom. The van der Waals surface area contributed by atoms with E-state index in [0.29, 0.717) is 12.0 Å². The minimum Gasteiger partial charge on any atom is -0.462 e. The molecule has 0 unspecified atom stereocenters. The summed E-state index contributed by atoms with van der Waals surface area (Å²) in [5.41, 5.74) is 1.63. The van der Waals surface area contributed by atoms with Crippen LogP contribution < -0.4 is 0 Å². The first-order chi connectivity index (χ1) is 9.19. The molecule has 0 aliphatic rings. The molecule has 0 spiro atoms. The monoisotopic (exact) mass is 258 g/mol. The van der Waals surface area contributed by atoms with Crippen molar-refractivity contribution in [1.82, 2.24) is 9.78 Å². The fourth-order valence-electron chi connectivity index (χ4n) is 1.88. The predicted molar refractivity (Wildman–Crippen MR) is 69.6 cm³/mol. The van der Waals surface area contributed by atoms with Crippen molar-refractivity contribution in [3.05, 3.63) is 47.3 Å². The highest BCUT2D eigenvalue weighted by molar-refractivity contribution is 5.98. The van der Waals surface area contributed by atoms with Crippen molar-refractivity contribution in [1.29, 1.82) is 0 Å². The predicted octanol–water partition coefficient (Wildman–Crippen LogP) is 2.17. The number of aromatic nitrogens is 2. The van der Waals surface area contributed by atoms with Crippen molar-refractivity contribution in [2.75, 3.05) is 6.61 Å². The van der Waals surface area contributed by atoms with Gasteiger partial charge in [-0.05, 0) is 26.0 Å². The molecule has 19 heavy (non-hydrogen) atoms. The van der Waals surface area contributed by atoms with Gasteiger partial charge in [-0.1, -0.05) is 18.2 Å². The molecular weight excluding hydrogens is 244 g/mol. The summed E-state index contributed by atoms with van der Waals surface area (Å²) in [6.07, 6.45) is 0.624. The maximum Gasteiger partial charge on any atom is 0.342 e. The van der Waals surface area contributed by atoms with Crippen LogP contribution in [0.2, 0.25) is 0 Å². The fraction of sp³-hybridized carbons (Fsp3) is 0.214. The number of ether oxygens (including phenoxy) is 1. The van der Waals surface area contributed by atoms with Gasteiger partial charge < -0.3 is 4.74 Å². The Hall–Kier alpha value is -2.43. The van der Waals surface area contributed by atoms with Gasteiger partial charge >= 0.3 is 5.97 Å². The highest BCUT2D eigenvalue weighted by Gasteiger charge is 2.22. The molecule has 0 aliphatic heterocycles. The smallest absolute Gasteiger partial charge is 0.342 e. The zero-order valence-corrected chi connectivity index (χ0v) is 10.8. The summed E-state index contributed by atoms with van der Waals surface area (Å²) in [7, 11) is 0. The molecule has 5 nitrogen and oxygen atoms in total. The highest BCUT2D eigenvalue weighted by Crippen LogP contribution is 2.18. The lowest BCUT2D eigenvalue weighted by Crippen LogP contribution is -2.09. The quantitative estimate of drug-likeness (QED) is 0.623. The fourth-order valence-corrected chi connectivity index (χ4v) is 1.88. The molecule has 1 aromatic carbocycles. The number of rotatable bonds is 4. The molecule has 1 heterocycles. The second kappa shape index (κ2) is 5.48. The van der Waals surface area contributed by atoms with Crippen LogP contribution >= 0.6 is 0 Å². The third-order valence-electron chi connectivity index (χ3n) is 2.69.